The minimum absolute atomic E-state index is 0.242. The van der Waals surface area contributed by atoms with Crippen molar-refractivity contribution < 1.29 is 9.50 Å². The largest absolute Gasteiger partial charge is 0.388 e. The number of thiophene rings is 1. The molecule has 1 aromatic rings. The van der Waals surface area contributed by atoms with E-state index in [2.05, 4.69) is 5.32 Å². The van der Waals surface area contributed by atoms with E-state index in [9.17, 15) is 9.50 Å². The number of rotatable bonds is 4. The predicted octanol–water partition coefficient (Wildman–Crippen LogP) is 1.53. The van der Waals surface area contributed by atoms with Crippen LogP contribution >= 0.6 is 11.3 Å². The summed E-state index contributed by atoms with van der Waals surface area (Å²) in [5, 5.41) is 12.2. The van der Waals surface area contributed by atoms with Crippen LogP contribution in [0.1, 0.15) is 17.4 Å². The molecule has 0 aromatic carbocycles. The third kappa shape index (κ3) is 2.55. The first-order valence-electron chi connectivity index (χ1n) is 3.82. The monoisotopic (exact) mass is 189 g/mol. The number of aliphatic hydroxyl groups is 1. The minimum Gasteiger partial charge on any atom is -0.388 e. The Bertz CT molecular complexity index is 239. The Labute approximate surface area is 75.0 Å². The zero-order valence-electron chi connectivity index (χ0n) is 6.88. The summed E-state index contributed by atoms with van der Waals surface area (Å²) in [6.45, 7) is 0.737. The molecular weight excluding hydrogens is 177 g/mol. The van der Waals surface area contributed by atoms with E-state index in [4.69, 9.17) is 0 Å². The molecule has 12 heavy (non-hydrogen) atoms. The van der Waals surface area contributed by atoms with Crippen molar-refractivity contribution in [1.29, 1.82) is 0 Å². The number of hydrogen-bond donors (Lipinski definition) is 2. The van der Waals surface area contributed by atoms with Gasteiger partial charge < -0.3 is 10.4 Å². The molecule has 0 fully saturated rings. The summed E-state index contributed by atoms with van der Waals surface area (Å²) in [6.07, 6.45) is 0.0862. The fraction of sp³-hybridized carbons (Fsp3) is 0.500. The van der Waals surface area contributed by atoms with Crippen LogP contribution in [0, 0.1) is 5.13 Å². The van der Waals surface area contributed by atoms with E-state index in [1.54, 1.807) is 6.07 Å². The van der Waals surface area contributed by atoms with Crippen LogP contribution in [-0.4, -0.2) is 18.7 Å². The second-order valence-corrected chi connectivity index (χ2v) is 3.62. The van der Waals surface area contributed by atoms with Gasteiger partial charge in [0.2, 0.25) is 0 Å². The number of halogens is 1. The molecule has 1 heterocycles. The van der Waals surface area contributed by atoms with Gasteiger partial charge in [0.15, 0.2) is 5.13 Å². The summed E-state index contributed by atoms with van der Waals surface area (Å²) < 4.78 is 12.5. The van der Waals surface area contributed by atoms with Crippen LogP contribution in [0.25, 0.3) is 0 Å². The van der Waals surface area contributed by atoms with Crippen molar-refractivity contribution in [2.75, 3.05) is 13.6 Å². The van der Waals surface area contributed by atoms with Crippen LogP contribution in [0.15, 0.2) is 12.1 Å². The van der Waals surface area contributed by atoms with Crippen LogP contribution in [0.3, 0.4) is 0 Å². The van der Waals surface area contributed by atoms with Crippen molar-refractivity contribution in [3.63, 3.8) is 0 Å². The van der Waals surface area contributed by atoms with E-state index in [0.29, 0.717) is 11.3 Å². The molecule has 0 saturated heterocycles. The lowest BCUT2D eigenvalue weighted by atomic mass is 10.2. The second-order valence-electron chi connectivity index (χ2n) is 2.55. The summed E-state index contributed by atoms with van der Waals surface area (Å²) in [7, 11) is 1.82. The molecule has 1 rings (SSSR count). The van der Waals surface area contributed by atoms with Crippen LogP contribution < -0.4 is 5.32 Å². The van der Waals surface area contributed by atoms with Crippen LogP contribution in [0.2, 0.25) is 0 Å². The van der Waals surface area contributed by atoms with Crippen molar-refractivity contribution in [3.05, 3.63) is 22.1 Å². The second kappa shape index (κ2) is 4.54. The SMILES string of the molecule is CNCC[C@@H](O)c1ccc(F)s1. The molecule has 1 aromatic heterocycles. The highest BCUT2D eigenvalue weighted by atomic mass is 32.1. The van der Waals surface area contributed by atoms with Gasteiger partial charge in [0.25, 0.3) is 0 Å². The molecule has 0 aliphatic carbocycles. The van der Waals surface area contributed by atoms with Gasteiger partial charge in [0.05, 0.1) is 6.10 Å². The van der Waals surface area contributed by atoms with E-state index in [1.165, 1.54) is 6.07 Å². The molecule has 0 bridgehead atoms. The molecule has 0 aliphatic rings. The van der Waals surface area contributed by atoms with Gasteiger partial charge in [-0.3, -0.25) is 0 Å². The molecule has 0 radical (unpaired) electrons. The quantitative estimate of drug-likeness (QED) is 0.753. The number of hydrogen-bond acceptors (Lipinski definition) is 3. The maximum absolute atomic E-state index is 12.5. The smallest absolute Gasteiger partial charge is 0.176 e. The highest BCUT2D eigenvalue weighted by Gasteiger charge is 2.09. The Kier molecular flexibility index (Phi) is 3.65. The molecule has 0 unspecified atom stereocenters. The van der Waals surface area contributed by atoms with E-state index in [0.717, 1.165) is 17.9 Å². The first-order valence-corrected chi connectivity index (χ1v) is 4.63. The van der Waals surface area contributed by atoms with E-state index < -0.39 is 6.10 Å². The summed E-state index contributed by atoms with van der Waals surface area (Å²) in [5.41, 5.74) is 0. The van der Waals surface area contributed by atoms with Crippen molar-refractivity contribution in [2.24, 2.45) is 0 Å². The van der Waals surface area contributed by atoms with Gasteiger partial charge >= 0.3 is 0 Å². The zero-order chi connectivity index (χ0) is 8.97. The molecule has 0 saturated carbocycles. The van der Waals surface area contributed by atoms with Gasteiger partial charge in [-0.1, -0.05) is 0 Å². The Morgan fingerprint density at radius 3 is 2.92 bits per heavy atom. The fourth-order valence-electron chi connectivity index (χ4n) is 0.931. The average Bonchev–Trinajstić information content (AvgIpc) is 2.47. The molecule has 2 N–H and O–H groups in total. The summed E-state index contributed by atoms with van der Waals surface area (Å²) in [5.74, 6) is 0. The highest BCUT2D eigenvalue weighted by Crippen LogP contribution is 2.23. The van der Waals surface area contributed by atoms with Crippen molar-refractivity contribution in [2.45, 2.75) is 12.5 Å². The maximum atomic E-state index is 12.5. The van der Waals surface area contributed by atoms with Crippen molar-refractivity contribution >= 4 is 11.3 Å². The molecule has 68 valence electrons. The van der Waals surface area contributed by atoms with E-state index in [-0.39, 0.29) is 5.13 Å². The summed E-state index contributed by atoms with van der Waals surface area (Å²) in [4.78, 5) is 0.697. The Morgan fingerprint density at radius 1 is 1.67 bits per heavy atom. The molecule has 1 atom stereocenters. The number of aliphatic hydroxyl groups excluding tert-OH is 1. The lowest BCUT2D eigenvalue weighted by Gasteiger charge is -2.06. The molecular formula is C8H12FNOS. The Morgan fingerprint density at radius 2 is 2.42 bits per heavy atom. The van der Waals surface area contributed by atoms with Gasteiger partial charge in [-0.15, -0.1) is 11.3 Å². The fourth-order valence-corrected chi connectivity index (χ4v) is 1.68. The van der Waals surface area contributed by atoms with E-state index >= 15 is 0 Å². The lowest BCUT2D eigenvalue weighted by molar-refractivity contribution is 0.171. The predicted molar refractivity (Wildman–Crippen MR) is 47.8 cm³/mol. The topological polar surface area (TPSA) is 32.3 Å². The Balaban J connectivity index is 2.47. The van der Waals surface area contributed by atoms with Gasteiger partial charge in [-0.25, -0.2) is 0 Å². The van der Waals surface area contributed by atoms with Gasteiger partial charge in [-0.05, 0) is 32.1 Å². The van der Waals surface area contributed by atoms with Gasteiger partial charge in [0.1, 0.15) is 0 Å². The van der Waals surface area contributed by atoms with Crippen molar-refractivity contribution in [3.8, 4) is 0 Å². The zero-order valence-corrected chi connectivity index (χ0v) is 7.70. The first-order chi connectivity index (χ1) is 5.74. The number of nitrogens with one attached hydrogen (secondary N) is 1. The summed E-state index contributed by atoms with van der Waals surface area (Å²) >= 11 is 1.00. The van der Waals surface area contributed by atoms with Crippen molar-refractivity contribution in [1.82, 2.24) is 5.32 Å². The molecule has 0 aliphatic heterocycles. The molecule has 0 spiro atoms. The molecule has 2 nitrogen and oxygen atoms in total. The van der Waals surface area contributed by atoms with Crippen LogP contribution in [0.4, 0.5) is 4.39 Å². The third-order valence-corrected chi connectivity index (χ3v) is 2.57. The molecule has 0 amide bonds. The maximum Gasteiger partial charge on any atom is 0.176 e. The van der Waals surface area contributed by atoms with Crippen LogP contribution in [-0.2, 0) is 0 Å². The normalized spacial score (nSPS) is 13.2. The van der Waals surface area contributed by atoms with E-state index in [1.807, 2.05) is 7.05 Å². The Hall–Kier alpha value is -0.450. The average molecular weight is 189 g/mol. The molecule has 4 heteroatoms. The van der Waals surface area contributed by atoms with Gasteiger partial charge in [-0.2, -0.15) is 4.39 Å². The van der Waals surface area contributed by atoms with Crippen LogP contribution in [0.5, 0.6) is 0 Å². The van der Waals surface area contributed by atoms with Gasteiger partial charge in [0, 0.05) is 4.88 Å². The highest BCUT2D eigenvalue weighted by molar-refractivity contribution is 7.10. The summed E-state index contributed by atoms with van der Waals surface area (Å²) in [6, 6.07) is 3.00. The lowest BCUT2D eigenvalue weighted by Crippen LogP contribution is -2.11. The third-order valence-electron chi connectivity index (χ3n) is 1.59. The first kappa shape index (κ1) is 9.64. The minimum atomic E-state index is -0.535. The standard InChI is InChI=1S/C8H12FNOS/c1-10-5-4-6(11)7-2-3-8(9)12-7/h2-3,6,10-11H,4-5H2,1H3/t6-/m1/s1.